The summed E-state index contributed by atoms with van der Waals surface area (Å²) in [5.41, 5.74) is 0. The van der Waals surface area contributed by atoms with Gasteiger partial charge in [0.1, 0.15) is 0 Å². The summed E-state index contributed by atoms with van der Waals surface area (Å²) < 4.78 is 5.19. The van der Waals surface area contributed by atoms with E-state index in [1.54, 1.807) is 0 Å². The molecule has 0 saturated carbocycles. The van der Waals surface area contributed by atoms with Crippen LogP contribution >= 0.6 is 0 Å². The Morgan fingerprint density at radius 1 is 1.69 bits per heavy atom. The first-order valence-corrected chi connectivity index (χ1v) is 5.12. The van der Waals surface area contributed by atoms with Crippen molar-refractivity contribution in [3.05, 3.63) is 0 Å². The fourth-order valence-corrected chi connectivity index (χ4v) is 1.48. The Bertz CT molecular complexity index is 164. The van der Waals surface area contributed by atoms with Crippen molar-refractivity contribution < 1.29 is 9.53 Å². The highest BCUT2D eigenvalue weighted by molar-refractivity contribution is 5.69. The van der Waals surface area contributed by atoms with E-state index in [2.05, 4.69) is 5.32 Å². The van der Waals surface area contributed by atoms with Crippen molar-refractivity contribution in [3.8, 4) is 0 Å². The van der Waals surface area contributed by atoms with Gasteiger partial charge in [0.25, 0.3) is 0 Å². The zero-order valence-corrected chi connectivity index (χ0v) is 8.51. The van der Waals surface area contributed by atoms with E-state index in [0.29, 0.717) is 12.3 Å². The first kappa shape index (κ1) is 10.5. The highest BCUT2D eigenvalue weighted by atomic mass is 16.5. The van der Waals surface area contributed by atoms with Crippen LogP contribution in [0.1, 0.15) is 33.1 Å². The van der Waals surface area contributed by atoms with Gasteiger partial charge < -0.3 is 10.1 Å². The van der Waals surface area contributed by atoms with Gasteiger partial charge in [-0.25, -0.2) is 0 Å². The van der Waals surface area contributed by atoms with E-state index in [4.69, 9.17) is 4.74 Å². The Hall–Kier alpha value is -0.570. The molecule has 1 saturated heterocycles. The van der Waals surface area contributed by atoms with Gasteiger partial charge >= 0.3 is 5.97 Å². The average Bonchev–Trinajstić information content (AvgIpc) is 2.56. The molecular weight excluding hydrogens is 166 g/mol. The number of ether oxygens (including phenoxy) is 1. The summed E-state index contributed by atoms with van der Waals surface area (Å²) in [5, 5.41) is 3.24. The third-order valence-corrected chi connectivity index (χ3v) is 2.53. The van der Waals surface area contributed by atoms with Crippen LogP contribution in [0.5, 0.6) is 0 Å². The lowest BCUT2D eigenvalue weighted by atomic mass is 10.1. The van der Waals surface area contributed by atoms with E-state index in [9.17, 15) is 4.79 Å². The molecule has 0 aromatic carbocycles. The van der Waals surface area contributed by atoms with Gasteiger partial charge in [-0.3, -0.25) is 4.79 Å². The smallest absolute Gasteiger partial charge is 0.306 e. The zero-order chi connectivity index (χ0) is 9.68. The number of rotatable bonds is 4. The Morgan fingerprint density at radius 3 is 3.00 bits per heavy atom. The highest BCUT2D eigenvalue weighted by Crippen LogP contribution is 2.13. The monoisotopic (exact) mass is 185 g/mol. The second-order valence-corrected chi connectivity index (χ2v) is 3.77. The van der Waals surface area contributed by atoms with Crippen LogP contribution in [0, 0.1) is 5.92 Å². The maximum Gasteiger partial charge on any atom is 0.306 e. The van der Waals surface area contributed by atoms with Gasteiger partial charge in [0, 0.05) is 6.42 Å². The highest BCUT2D eigenvalue weighted by Gasteiger charge is 2.19. The molecule has 3 nitrogen and oxygen atoms in total. The number of hydrogen-bond donors (Lipinski definition) is 1. The topological polar surface area (TPSA) is 38.3 Å². The van der Waals surface area contributed by atoms with Crippen molar-refractivity contribution in [3.63, 3.8) is 0 Å². The van der Waals surface area contributed by atoms with Crippen molar-refractivity contribution in [2.24, 2.45) is 5.92 Å². The minimum absolute atomic E-state index is 0.0388. The maximum absolute atomic E-state index is 11.3. The first-order chi connectivity index (χ1) is 6.22. The summed E-state index contributed by atoms with van der Waals surface area (Å²) in [5.74, 6) is 0.458. The molecule has 0 spiro atoms. The van der Waals surface area contributed by atoms with Crippen LogP contribution in [0.4, 0.5) is 0 Å². The van der Waals surface area contributed by atoms with E-state index >= 15 is 0 Å². The van der Waals surface area contributed by atoms with E-state index in [1.165, 1.54) is 0 Å². The van der Waals surface area contributed by atoms with Crippen molar-refractivity contribution in [2.45, 2.75) is 39.2 Å². The third-order valence-electron chi connectivity index (χ3n) is 2.53. The molecule has 3 heteroatoms. The van der Waals surface area contributed by atoms with Gasteiger partial charge in [0.2, 0.25) is 0 Å². The molecule has 1 N–H and O–H groups in total. The zero-order valence-electron chi connectivity index (χ0n) is 8.51. The fourth-order valence-electron chi connectivity index (χ4n) is 1.48. The molecule has 2 unspecified atom stereocenters. The van der Waals surface area contributed by atoms with Crippen molar-refractivity contribution >= 4 is 5.97 Å². The van der Waals surface area contributed by atoms with Gasteiger partial charge in [0.05, 0.1) is 6.10 Å². The van der Waals surface area contributed by atoms with E-state index in [-0.39, 0.29) is 12.1 Å². The molecule has 1 fully saturated rings. The molecule has 2 atom stereocenters. The van der Waals surface area contributed by atoms with Crippen molar-refractivity contribution in [2.75, 3.05) is 13.1 Å². The summed E-state index contributed by atoms with van der Waals surface area (Å²) in [6, 6.07) is 0. The maximum atomic E-state index is 11.3. The summed E-state index contributed by atoms with van der Waals surface area (Å²) in [6.07, 6.45) is 2.66. The standard InChI is InChI=1S/C10H19NO2/c1-3-8(2)13-10(12)6-9-4-5-11-7-9/h8-9,11H,3-7H2,1-2H3. The average molecular weight is 185 g/mol. The number of carbonyl (C=O) groups is 1. The summed E-state index contributed by atoms with van der Waals surface area (Å²) in [4.78, 5) is 11.3. The minimum atomic E-state index is -0.0388. The van der Waals surface area contributed by atoms with Crippen LogP contribution in [0.15, 0.2) is 0 Å². The van der Waals surface area contributed by atoms with Gasteiger partial charge in [0.15, 0.2) is 0 Å². The fraction of sp³-hybridized carbons (Fsp3) is 0.900. The van der Waals surface area contributed by atoms with E-state index in [0.717, 1.165) is 25.9 Å². The molecule has 0 amide bonds. The van der Waals surface area contributed by atoms with Crippen molar-refractivity contribution in [1.82, 2.24) is 5.32 Å². The largest absolute Gasteiger partial charge is 0.463 e. The molecule has 0 radical (unpaired) electrons. The van der Waals surface area contributed by atoms with E-state index < -0.39 is 0 Å². The molecular formula is C10H19NO2. The Kier molecular flexibility index (Phi) is 4.22. The minimum Gasteiger partial charge on any atom is -0.463 e. The molecule has 0 bridgehead atoms. The van der Waals surface area contributed by atoms with Gasteiger partial charge in [-0.1, -0.05) is 6.92 Å². The first-order valence-electron chi connectivity index (χ1n) is 5.12. The second kappa shape index (κ2) is 5.22. The predicted molar refractivity (Wildman–Crippen MR) is 51.4 cm³/mol. The normalized spacial score (nSPS) is 24.3. The number of nitrogens with one attached hydrogen (secondary N) is 1. The third kappa shape index (κ3) is 3.77. The lowest BCUT2D eigenvalue weighted by molar-refractivity contribution is -0.149. The molecule has 13 heavy (non-hydrogen) atoms. The van der Waals surface area contributed by atoms with Crippen LogP contribution in [0.25, 0.3) is 0 Å². The molecule has 0 aromatic rings. The SMILES string of the molecule is CCC(C)OC(=O)CC1CCNC1. The van der Waals surface area contributed by atoms with Crippen LogP contribution in [0.3, 0.4) is 0 Å². The number of hydrogen-bond acceptors (Lipinski definition) is 3. The Balaban J connectivity index is 2.16. The lowest BCUT2D eigenvalue weighted by Crippen LogP contribution is -2.18. The molecule has 1 aliphatic rings. The Morgan fingerprint density at radius 2 is 2.46 bits per heavy atom. The second-order valence-electron chi connectivity index (χ2n) is 3.77. The molecule has 1 aliphatic heterocycles. The predicted octanol–water partition coefficient (Wildman–Crippen LogP) is 1.33. The molecule has 1 heterocycles. The van der Waals surface area contributed by atoms with Crippen LogP contribution in [0.2, 0.25) is 0 Å². The Labute approximate surface area is 79.8 Å². The summed E-state index contributed by atoms with van der Waals surface area (Å²) in [7, 11) is 0. The number of esters is 1. The molecule has 1 rings (SSSR count). The van der Waals surface area contributed by atoms with Crippen LogP contribution in [-0.2, 0) is 9.53 Å². The van der Waals surface area contributed by atoms with Crippen molar-refractivity contribution in [1.29, 1.82) is 0 Å². The molecule has 76 valence electrons. The van der Waals surface area contributed by atoms with Crippen LogP contribution < -0.4 is 5.32 Å². The quantitative estimate of drug-likeness (QED) is 0.671. The van der Waals surface area contributed by atoms with Crippen LogP contribution in [-0.4, -0.2) is 25.2 Å². The molecule has 0 aromatic heterocycles. The van der Waals surface area contributed by atoms with E-state index in [1.807, 2.05) is 13.8 Å². The van der Waals surface area contributed by atoms with Gasteiger partial charge in [-0.2, -0.15) is 0 Å². The summed E-state index contributed by atoms with van der Waals surface area (Å²) in [6.45, 7) is 5.97. The van der Waals surface area contributed by atoms with Gasteiger partial charge in [-0.05, 0) is 38.8 Å². The lowest BCUT2D eigenvalue weighted by Gasteiger charge is -2.12. The number of carbonyl (C=O) groups excluding carboxylic acids is 1. The van der Waals surface area contributed by atoms with Gasteiger partial charge in [-0.15, -0.1) is 0 Å². The summed E-state index contributed by atoms with van der Waals surface area (Å²) >= 11 is 0. The molecule has 0 aliphatic carbocycles.